The van der Waals surface area contributed by atoms with Crippen molar-refractivity contribution in [3.8, 4) is 5.69 Å². The van der Waals surface area contributed by atoms with E-state index in [9.17, 15) is 27.5 Å². The molecule has 0 N–H and O–H groups in total. The number of nitrogens with zero attached hydrogens (tertiary/aromatic N) is 4. The van der Waals surface area contributed by atoms with Crippen molar-refractivity contribution in [1.82, 2.24) is 14.8 Å². The molecule has 118 valence electrons. The lowest BCUT2D eigenvalue weighted by molar-refractivity contribution is -0.384. The third-order valence-electron chi connectivity index (χ3n) is 2.60. The van der Waals surface area contributed by atoms with Crippen LogP contribution in [0.25, 0.3) is 5.69 Å². The van der Waals surface area contributed by atoms with E-state index in [1.54, 1.807) is 0 Å². The lowest BCUT2D eigenvalue weighted by atomic mass is 10.1. The number of aromatic nitrogens is 3. The fourth-order valence-electron chi connectivity index (χ4n) is 1.69. The third kappa shape index (κ3) is 2.95. The van der Waals surface area contributed by atoms with Crippen molar-refractivity contribution >= 4 is 28.1 Å². The Kier molecular flexibility index (Phi) is 4.20. The van der Waals surface area contributed by atoms with Crippen LogP contribution in [0, 0.1) is 10.1 Å². The van der Waals surface area contributed by atoms with Crippen molar-refractivity contribution in [3.05, 3.63) is 39.2 Å². The van der Waals surface area contributed by atoms with E-state index < -0.39 is 38.2 Å². The van der Waals surface area contributed by atoms with Crippen LogP contribution in [0.3, 0.4) is 0 Å². The van der Waals surface area contributed by atoms with E-state index in [4.69, 9.17) is 11.6 Å². The zero-order valence-electron chi connectivity index (χ0n) is 10.7. The number of nitro groups is 1. The number of hydrogen-bond acceptors (Lipinski definition) is 5. The Bertz CT molecular complexity index is 777. The molecule has 0 aliphatic carbocycles. The first-order valence-electron chi connectivity index (χ1n) is 5.42. The molecule has 7 nitrogen and oxygen atoms in total. The molecule has 0 fully saturated rings. The number of alkyl halides is 3. The maximum atomic E-state index is 12.8. The summed E-state index contributed by atoms with van der Waals surface area (Å²) < 4.78 is 50.8. The minimum Gasteiger partial charge on any atom is -0.268 e. The van der Waals surface area contributed by atoms with E-state index in [1.807, 2.05) is 0 Å². The predicted octanol–water partition coefficient (Wildman–Crippen LogP) is 2.59. The molecule has 0 aliphatic rings. The molecule has 2 aromatic rings. The Hall–Kier alpha value is -2.01. The van der Waals surface area contributed by atoms with E-state index in [0.717, 1.165) is 17.0 Å². The Morgan fingerprint density at radius 3 is 2.55 bits per heavy atom. The molecule has 1 unspecified atom stereocenters. The zero-order valence-corrected chi connectivity index (χ0v) is 12.2. The van der Waals surface area contributed by atoms with Gasteiger partial charge >= 0.3 is 6.18 Å². The summed E-state index contributed by atoms with van der Waals surface area (Å²) in [6.45, 7) is 0. The van der Waals surface area contributed by atoms with Gasteiger partial charge in [0.05, 0.1) is 26.3 Å². The molecule has 1 aromatic carbocycles. The van der Waals surface area contributed by atoms with E-state index in [1.165, 1.54) is 6.26 Å². The first kappa shape index (κ1) is 16.4. The van der Waals surface area contributed by atoms with Gasteiger partial charge in [0.1, 0.15) is 12.0 Å². The van der Waals surface area contributed by atoms with Gasteiger partial charge < -0.3 is 0 Å². The van der Waals surface area contributed by atoms with Crippen LogP contribution < -0.4 is 0 Å². The monoisotopic (exact) mass is 354 g/mol. The topological polar surface area (TPSA) is 90.9 Å². The van der Waals surface area contributed by atoms with Gasteiger partial charge in [0.2, 0.25) is 5.16 Å². The minimum absolute atomic E-state index is 0.154. The molecule has 0 saturated heterocycles. The maximum absolute atomic E-state index is 12.8. The van der Waals surface area contributed by atoms with Crippen molar-refractivity contribution in [3.63, 3.8) is 0 Å². The highest BCUT2D eigenvalue weighted by atomic mass is 35.5. The fraction of sp³-hybridized carbons (Fsp3) is 0.200. The third-order valence-corrected chi connectivity index (χ3v) is 3.70. The molecule has 0 aliphatic heterocycles. The lowest BCUT2D eigenvalue weighted by Gasteiger charge is -2.12. The molecule has 22 heavy (non-hydrogen) atoms. The van der Waals surface area contributed by atoms with E-state index >= 15 is 0 Å². The summed E-state index contributed by atoms with van der Waals surface area (Å²) in [7, 11) is -1.66. The number of halogens is 4. The predicted molar refractivity (Wildman–Crippen MR) is 70.4 cm³/mol. The van der Waals surface area contributed by atoms with Gasteiger partial charge in [-0.3, -0.25) is 18.9 Å². The van der Waals surface area contributed by atoms with E-state index in [2.05, 4.69) is 10.2 Å². The molecule has 0 radical (unpaired) electrons. The molecule has 1 heterocycles. The van der Waals surface area contributed by atoms with Gasteiger partial charge in [0, 0.05) is 12.3 Å². The van der Waals surface area contributed by atoms with Crippen LogP contribution in [0.2, 0.25) is 5.02 Å². The Balaban J connectivity index is 2.77. The smallest absolute Gasteiger partial charge is 0.268 e. The second kappa shape index (κ2) is 5.65. The first-order chi connectivity index (χ1) is 10.1. The Morgan fingerprint density at radius 1 is 1.41 bits per heavy atom. The van der Waals surface area contributed by atoms with Gasteiger partial charge in [-0.2, -0.15) is 13.2 Å². The highest BCUT2D eigenvalue weighted by Gasteiger charge is 2.36. The maximum Gasteiger partial charge on any atom is 0.418 e. The summed E-state index contributed by atoms with van der Waals surface area (Å²) in [5.41, 5.74) is -2.50. The van der Waals surface area contributed by atoms with Gasteiger partial charge in [-0.15, -0.1) is 10.2 Å². The van der Waals surface area contributed by atoms with Gasteiger partial charge in [-0.25, -0.2) is 0 Å². The van der Waals surface area contributed by atoms with Crippen molar-refractivity contribution in [1.29, 1.82) is 0 Å². The number of rotatable bonds is 3. The standard InChI is InChI=1S/C10H6ClF3N4O3S/c1-22(21)9-16-15-4-17(9)7-3-6(11)5(10(12,13)14)2-8(7)18(19)20/h2-4H,1H3. The first-order valence-corrected chi connectivity index (χ1v) is 7.35. The molecule has 0 bridgehead atoms. The summed E-state index contributed by atoms with van der Waals surface area (Å²) >= 11 is 5.57. The highest BCUT2D eigenvalue weighted by molar-refractivity contribution is 7.84. The average Bonchev–Trinajstić information content (AvgIpc) is 2.85. The van der Waals surface area contributed by atoms with Crippen molar-refractivity contribution < 1.29 is 22.3 Å². The summed E-state index contributed by atoms with van der Waals surface area (Å²) in [4.78, 5) is 10.1. The van der Waals surface area contributed by atoms with Gasteiger partial charge in [-0.1, -0.05) is 11.6 Å². The van der Waals surface area contributed by atoms with Crippen LogP contribution in [0.4, 0.5) is 18.9 Å². The zero-order chi connectivity index (χ0) is 16.7. The molecule has 0 saturated carbocycles. The van der Waals surface area contributed by atoms with E-state index in [0.29, 0.717) is 6.07 Å². The largest absolute Gasteiger partial charge is 0.418 e. The SMILES string of the molecule is CS(=O)c1nncn1-c1cc(Cl)c(C(F)(F)F)cc1[N+](=O)[O-]. The van der Waals surface area contributed by atoms with Crippen LogP contribution in [0.1, 0.15) is 5.56 Å². The molecule has 2 rings (SSSR count). The number of benzene rings is 1. The van der Waals surface area contributed by atoms with Crippen LogP contribution >= 0.6 is 11.6 Å². The average molecular weight is 355 g/mol. The van der Waals surface area contributed by atoms with Crippen molar-refractivity contribution in [2.45, 2.75) is 11.3 Å². The molecule has 0 amide bonds. The highest BCUT2D eigenvalue weighted by Crippen LogP contribution is 2.39. The van der Waals surface area contributed by atoms with Crippen LogP contribution in [-0.4, -0.2) is 30.2 Å². The molecule has 1 atom stereocenters. The number of hydrogen-bond donors (Lipinski definition) is 0. The van der Waals surface area contributed by atoms with Crippen LogP contribution in [-0.2, 0) is 17.0 Å². The Labute approximate surface area is 128 Å². The minimum atomic E-state index is -4.84. The van der Waals surface area contributed by atoms with Gasteiger partial charge in [0.25, 0.3) is 5.69 Å². The lowest BCUT2D eigenvalue weighted by Crippen LogP contribution is -2.10. The van der Waals surface area contributed by atoms with Crippen LogP contribution in [0.15, 0.2) is 23.6 Å². The summed E-state index contributed by atoms with van der Waals surface area (Å²) in [6, 6.07) is 1.09. The second-order valence-corrected chi connectivity index (χ2v) is 5.69. The summed E-state index contributed by atoms with van der Waals surface area (Å²) in [6.07, 6.45) is -2.59. The van der Waals surface area contributed by atoms with Crippen molar-refractivity contribution in [2.24, 2.45) is 0 Å². The quantitative estimate of drug-likeness (QED) is 0.624. The van der Waals surface area contributed by atoms with Crippen LogP contribution in [0.5, 0.6) is 0 Å². The van der Waals surface area contributed by atoms with Crippen molar-refractivity contribution in [2.75, 3.05) is 6.26 Å². The molecule has 1 aromatic heterocycles. The summed E-state index contributed by atoms with van der Waals surface area (Å²) in [5, 5.41) is 17.1. The van der Waals surface area contributed by atoms with Gasteiger partial charge in [-0.05, 0) is 6.07 Å². The number of nitro benzene ring substituents is 1. The molecule has 0 spiro atoms. The molecular formula is C10H6ClF3N4O3S. The molecule has 12 heteroatoms. The summed E-state index contributed by atoms with van der Waals surface area (Å²) in [5.74, 6) is 0. The van der Waals surface area contributed by atoms with E-state index in [-0.39, 0.29) is 10.8 Å². The normalized spacial score (nSPS) is 13.1. The fourth-order valence-corrected chi connectivity index (χ4v) is 2.54. The second-order valence-electron chi connectivity index (χ2n) is 4.01. The molecular weight excluding hydrogens is 349 g/mol. The Morgan fingerprint density at radius 2 is 2.05 bits per heavy atom. The van der Waals surface area contributed by atoms with Gasteiger partial charge in [0.15, 0.2) is 0 Å².